The lowest BCUT2D eigenvalue weighted by atomic mass is 9.95. The van der Waals surface area contributed by atoms with E-state index in [9.17, 15) is 14.4 Å². The van der Waals surface area contributed by atoms with Crippen LogP contribution >= 0.6 is 0 Å². The summed E-state index contributed by atoms with van der Waals surface area (Å²) in [6.07, 6.45) is 2.01. The number of hydrogen-bond acceptors (Lipinski definition) is 4. The van der Waals surface area contributed by atoms with Crippen molar-refractivity contribution in [2.24, 2.45) is 0 Å². The maximum atomic E-state index is 13.0. The number of nitrogens with zero attached hydrogens (tertiary/aromatic N) is 1. The molecule has 1 aliphatic heterocycles. The molecule has 0 unspecified atom stereocenters. The van der Waals surface area contributed by atoms with Crippen molar-refractivity contribution in [3.63, 3.8) is 0 Å². The van der Waals surface area contributed by atoms with Gasteiger partial charge in [0.1, 0.15) is 11.3 Å². The molecular weight excluding hydrogens is 394 g/mol. The zero-order valence-electron chi connectivity index (χ0n) is 17.4. The molecule has 7 nitrogen and oxygen atoms in total. The number of para-hydroxylation sites is 2. The second-order valence-electron chi connectivity index (χ2n) is 7.50. The van der Waals surface area contributed by atoms with Gasteiger partial charge in [0.05, 0.1) is 12.8 Å². The minimum atomic E-state index is -0.499. The predicted octanol–water partition coefficient (Wildman–Crippen LogP) is 3.14. The Balaban J connectivity index is 1.61. The molecule has 0 aliphatic carbocycles. The van der Waals surface area contributed by atoms with E-state index in [0.717, 1.165) is 11.1 Å². The van der Waals surface area contributed by atoms with Gasteiger partial charge in [-0.25, -0.2) is 0 Å². The molecule has 2 aromatic carbocycles. The van der Waals surface area contributed by atoms with Gasteiger partial charge in [-0.2, -0.15) is 0 Å². The highest BCUT2D eigenvalue weighted by Gasteiger charge is 2.27. The van der Waals surface area contributed by atoms with Crippen molar-refractivity contribution in [2.75, 3.05) is 19.0 Å². The Morgan fingerprint density at radius 1 is 1.13 bits per heavy atom. The van der Waals surface area contributed by atoms with Crippen LogP contribution in [0.5, 0.6) is 5.75 Å². The molecule has 2 amide bonds. The fraction of sp³-hybridized carbons (Fsp3) is 0.208. The molecule has 158 valence electrons. The number of aromatic nitrogens is 1. The third-order valence-electron chi connectivity index (χ3n) is 5.42. The van der Waals surface area contributed by atoms with Crippen molar-refractivity contribution in [3.05, 3.63) is 92.9 Å². The number of H-pyrrole nitrogens is 1. The molecule has 0 fully saturated rings. The number of rotatable bonds is 4. The second kappa shape index (κ2) is 8.47. The molecular formula is C24H23N3O4. The SMILES string of the molecule is COc1ccccc1NC(=O)c1c2c(c[nH]c1=O)CN(C(=O)c1cccc(C)c1)CC2. The molecule has 0 spiro atoms. The number of carbonyl (C=O) groups excluding carboxylic acids is 2. The topological polar surface area (TPSA) is 91.5 Å². The molecule has 4 rings (SSSR count). The number of aryl methyl sites for hydroxylation is 1. The first-order valence-corrected chi connectivity index (χ1v) is 10.0. The summed E-state index contributed by atoms with van der Waals surface area (Å²) in [7, 11) is 1.52. The van der Waals surface area contributed by atoms with Crippen molar-refractivity contribution in [1.29, 1.82) is 0 Å². The summed E-state index contributed by atoms with van der Waals surface area (Å²) in [5.74, 6) is -0.0614. The van der Waals surface area contributed by atoms with Crippen molar-refractivity contribution in [1.82, 2.24) is 9.88 Å². The minimum Gasteiger partial charge on any atom is -0.495 e. The Kier molecular flexibility index (Phi) is 5.58. The quantitative estimate of drug-likeness (QED) is 0.682. The number of amides is 2. The van der Waals surface area contributed by atoms with Crippen LogP contribution in [0.15, 0.2) is 59.5 Å². The molecule has 2 N–H and O–H groups in total. The lowest BCUT2D eigenvalue weighted by Crippen LogP contribution is -2.38. The van der Waals surface area contributed by atoms with Gasteiger partial charge in [0, 0.05) is 24.8 Å². The molecule has 3 aromatic rings. The summed E-state index contributed by atoms with van der Waals surface area (Å²) in [6.45, 7) is 2.70. The summed E-state index contributed by atoms with van der Waals surface area (Å²) in [5.41, 5.74) is 3.18. The van der Waals surface area contributed by atoms with Gasteiger partial charge in [-0.1, -0.05) is 29.8 Å². The fourth-order valence-corrected chi connectivity index (χ4v) is 3.87. The third kappa shape index (κ3) is 4.07. The van der Waals surface area contributed by atoms with Gasteiger partial charge in [0.2, 0.25) is 0 Å². The molecule has 31 heavy (non-hydrogen) atoms. The van der Waals surface area contributed by atoms with Crippen LogP contribution in [0.25, 0.3) is 0 Å². The van der Waals surface area contributed by atoms with Crippen LogP contribution in [0.4, 0.5) is 5.69 Å². The summed E-state index contributed by atoms with van der Waals surface area (Å²) in [6, 6.07) is 14.5. The highest BCUT2D eigenvalue weighted by molar-refractivity contribution is 6.06. The molecule has 7 heteroatoms. The third-order valence-corrected chi connectivity index (χ3v) is 5.42. The molecule has 0 bridgehead atoms. The first-order chi connectivity index (χ1) is 15.0. The van der Waals surface area contributed by atoms with Crippen LogP contribution in [0.1, 0.15) is 37.4 Å². The maximum Gasteiger partial charge on any atom is 0.261 e. The Bertz CT molecular complexity index is 1220. The van der Waals surface area contributed by atoms with Crippen LogP contribution in [0, 0.1) is 6.92 Å². The summed E-state index contributed by atoms with van der Waals surface area (Å²) in [5, 5.41) is 2.77. The average Bonchev–Trinajstić information content (AvgIpc) is 2.78. The lowest BCUT2D eigenvalue weighted by Gasteiger charge is -2.29. The molecule has 1 aliphatic rings. The standard InChI is InChI=1S/C24H23N3O4/c1-15-6-5-7-16(12-15)24(30)27-11-10-18-17(14-27)13-25-22(28)21(18)23(29)26-19-8-3-4-9-20(19)31-2/h3-9,12-13H,10-11,14H2,1-2H3,(H,25,28)(H,26,29). The average molecular weight is 417 g/mol. The number of methoxy groups -OCH3 is 1. The fourth-order valence-electron chi connectivity index (χ4n) is 3.87. The molecule has 0 saturated heterocycles. The van der Waals surface area contributed by atoms with E-state index in [1.165, 1.54) is 7.11 Å². The number of hydrogen-bond donors (Lipinski definition) is 2. The summed E-state index contributed by atoms with van der Waals surface area (Å²) >= 11 is 0. The first kappa shape index (κ1) is 20.4. The molecule has 0 atom stereocenters. The highest BCUT2D eigenvalue weighted by Crippen LogP contribution is 2.26. The van der Waals surface area contributed by atoms with Crippen LogP contribution in [0.2, 0.25) is 0 Å². The second-order valence-corrected chi connectivity index (χ2v) is 7.50. The van der Waals surface area contributed by atoms with Gasteiger partial charge in [0.25, 0.3) is 17.4 Å². The Labute approximate surface area is 179 Å². The van der Waals surface area contributed by atoms with Gasteiger partial charge < -0.3 is 19.9 Å². The zero-order chi connectivity index (χ0) is 22.0. The number of pyridine rings is 1. The van der Waals surface area contributed by atoms with Crippen molar-refractivity contribution in [2.45, 2.75) is 19.9 Å². The molecule has 1 aromatic heterocycles. The number of aromatic amines is 1. The summed E-state index contributed by atoms with van der Waals surface area (Å²) in [4.78, 5) is 42.8. The minimum absolute atomic E-state index is 0.0689. The Hall–Kier alpha value is -3.87. The van der Waals surface area contributed by atoms with E-state index in [2.05, 4.69) is 10.3 Å². The molecule has 2 heterocycles. The van der Waals surface area contributed by atoms with E-state index in [1.807, 2.05) is 25.1 Å². The number of carbonyl (C=O) groups is 2. The van der Waals surface area contributed by atoms with Crippen molar-refractivity contribution < 1.29 is 14.3 Å². The monoisotopic (exact) mass is 417 g/mol. The van der Waals surface area contributed by atoms with Crippen LogP contribution in [0.3, 0.4) is 0 Å². The van der Waals surface area contributed by atoms with Crippen LogP contribution in [-0.4, -0.2) is 35.4 Å². The largest absolute Gasteiger partial charge is 0.495 e. The number of nitrogens with one attached hydrogen (secondary N) is 2. The van der Waals surface area contributed by atoms with Gasteiger partial charge in [-0.3, -0.25) is 14.4 Å². The zero-order valence-corrected chi connectivity index (χ0v) is 17.4. The van der Waals surface area contributed by atoms with Gasteiger partial charge >= 0.3 is 0 Å². The van der Waals surface area contributed by atoms with Gasteiger partial charge in [-0.05, 0) is 48.7 Å². The predicted molar refractivity (Wildman–Crippen MR) is 118 cm³/mol. The van der Waals surface area contributed by atoms with Crippen molar-refractivity contribution in [3.8, 4) is 5.75 Å². The van der Waals surface area contributed by atoms with E-state index < -0.39 is 11.5 Å². The Morgan fingerprint density at radius 2 is 1.94 bits per heavy atom. The van der Waals surface area contributed by atoms with E-state index in [-0.39, 0.29) is 11.5 Å². The van der Waals surface area contributed by atoms with E-state index in [4.69, 9.17) is 4.74 Å². The number of benzene rings is 2. The molecule has 0 saturated carbocycles. The first-order valence-electron chi connectivity index (χ1n) is 10.0. The molecule has 0 radical (unpaired) electrons. The van der Waals surface area contributed by atoms with E-state index in [1.54, 1.807) is 41.4 Å². The van der Waals surface area contributed by atoms with Gasteiger partial charge in [-0.15, -0.1) is 0 Å². The normalized spacial score (nSPS) is 12.8. The summed E-state index contributed by atoms with van der Waals surface area (Å²) < 4.78 is 5.27. The van der Waals surface area contributed by atoms with Gasteiger partial charge in [0.15, 0.2) is 0 Å². The highest BCUT2D eigenvalue weighted by atomic mass is 16.5. The maximum absolute atomic E-state index is 13.0. The number of anilines is 1. The van der Waals surface area contributed by atoms with Crippen LogP contribution < -0.4 is 15.6 Å². The van der Waals surface area contributed by atoms with E-state index >= 15 is 0 Å². The van der Waals surface area contributed by atoms with E-state index in [0.29, 0.717) is 42.1 Å². The number of ether oxygens (including phenoxy) is 1. The van der Waals surface area contributed by atoms with Crippen molar-refractivity contribution >= 4 is 17.5 Å². The number of fused-ring (bicyclic) bond motifs is 1. The lowest BCUT2D eigenvalue weighted by molar-refractivity contribution is 0.0734. The van der Waals surface area contributed by atoms with Crippen LogP contribution in [-0.2, 0) is 13.0 Å². The Morgan fingerprint density at radius 3 is 2.71 bits per heavy atom. The smallest absolute Gasteiger partial charge is 0.261 e.